The van der Waals surface area contributed by atoms with Gasteiger partial charge in [0.2, 0.25) is 5.91 Å². The number of nitrogens with one attached hydrogen (secondary N) is 1. The number of anilines is 1. The van der Waals surface area contributed by atoms with E-state index in [-0.39, 0.29) is 17.6 Å². The molecule has 2 aliphatic rings. The van der Waals surface area contributed by atoms with Crippen molar-refractivity contribution in [3.05, 3.63) is 70.0 Å². The van der Waals surface area contributed by atoms with Crippen molar-refractivity contribution < 1.29 is 9.59 Å². The molecule has 4 rings (SSSR count). The highest BCUT2D eigenvalue weighted by Gasteiger charge is 2.42. The lowest BCUT2D eigenvalue weighted by Gasteiger charge is -2.34. The summed E-state index contributed by atoms with van der Waals surface area (Å²) in [5.41, 5.74) is 3.24. The lowest BCUT2D eigenvalue weighted by Crippen LogP contribution is -2.39. The van der Waals surface area contributed by atoms with Crippen LogP contribution in [-0.2, 0) is 9.59 Å². The highest BCUT2D eigenvalue weighted by Crippen LogP contribution is 2.43. The Morgan fingerprint density at radius 2 is 1.93 bits per heavy atom. The molecule has 2 atom stereocenters. The van der Waals surface area contributed by atoms with Gasteiger partial charge in [-0.05, 0) is 53.4 Å². The van der Waals surface area contributed by atoms with Crippen LogP contribution in [0.15, 0.2) is 69.4 Å². The van der Waals surface area contributed by atoms with Gasteiger partial charge in [0.25, 0.3) is 0 Å². The predicted octanol–water partition coefficient (Wildman–Crippen LogP) is 4.66. The molecule has 1 aromatic carbocycles. The number of carbonyl (C=O) groups is 2. The van der Waals surface area contributed by atoms with Crippen LogP contribution in [0.2, 0.25) is 0 Å². The average Bonchev–Trinajstić information content (AvgIpc) is 2.69. The molecule has 1 aromatic heterocycles. The van der Waals surface area contributed by atoms with E-state index in [0.29, 0.717) is 17.8 Å². The maximum absolute atomic E-state index is 13.3. The van der Waals surface area contributed by atoms with Crippen LogP contribution in [0.25, 0.3) is 0 Å². The number of hydrogen-bond acceptors (Lipinski definition) is 4. The molecule has 2 heterocycles. The van der Waals surface area contributed by atoms with Crippen LogP contribution in [0.4, 0.5) is 5.82 Å². The quantitative estimate of drug-likeness (QED) is 0.758. The van der Waals surface area contributed by atoms with Gasteiger partial charge < -0.3 is 5.32 Å². The summed E-state index contributed by atoms with van der Waals surface area (Å²) in [6, 6.07) is 13.3. The molecule has 0 spiro atoms. The van der Waals surface area contributed by atoms with Gasteiger partial charge in [0.05, 0.1) is 5.92 Å². The second-order valence-electron chi connectivity index (χ2n) is 7.11. The minimum absolute atomic E-state index is 0.103. The van der Waals surface area contributed by atoms with Crippen molar-refractivity contribution >= 4 is 39.1 Å². The van der Waals surface area contributed by atoms with Gasteiger partial charge in [0, 0.05) is 40.0 Å². The molecule has 28 heavy (non-hydrogen) atoms. The van der Waals surface area contributed by atoms with Crippen molar-refractivity contribution in [3.8, 4) is 0 Å². The van der Waals surface area contributed by atoms with E-state index in [4.69, 9.17) is 0 Å². The number of nitrogens with zero attached hydrogens (tertiary/aromatic N) is 2. The summed E-state index contributed by atoms with van der Waals surface area (Å²) < 4.78 is 0.839. The number of benzene rings is 1. The summed E-state index contributed by atoms with van der Waals surface area (Å²) in [5.74, 6) is -0.492. The molecule has 0 bridgehead atoms. The smallest absolute Gasteiger partial charge is 0.235 e. The number of aliphatic imine (C=N–C) groups is 1. The Hall–Kier alpha value is -2.60. The molecule has 0 saturated carbocycles. The molecule has 142 valence electrons. The van der Waals surface area contributed by atoms with Crippen molar-refractivity contribution in [2.75, 3.05) is 5.32 Å². The molecule has 1 aliphatic carbocycles. The average molecular weight is 438 g/mol. The molecule has 0 saturated heterocycles. The zero-order chi connectivity index (χ0) is 19.7. The van der Waals surface area contributed by atoms with E-state index in [1.165, 1.54) is 0 Å². The van der Waals surface area contributed by atoms with Crippen LogP contribution in [0, 0.1) is 5.92 Å². The normalized spacial score (nSPS) is 21.8. The van der Waals surface area contributed by atoms with E-state index in [0.717, 1.165) is 34.3 Å². The highest BCUT2D eigenvalue weighted by molar-refractivity contribution is 9.10. The lowest BCUT2D eigenvalue weighted by molar-refractivity contribution is -0.119. The molecule has 0 radical (unpaired) electrons. The van der Waals surface area contributed by atoms with Crippen LogP contribution in [-0.4, -0.2) is 22.4 Å². The molecule has 1 amide bonds. The van der Waals surface area contributed by atoms with Gasteiger partial charge in [-0.15, -0.1) is 0 Å². The van der Waals surface area contributed by atoms with Crippen molar-refractivity contribution in [2.45, 2.75) is 32.1 Å². The van der Waals surface area contributed by atoms with Gasteiger partial charge in [0.15, 0.2) is 5.78 Å². The Morgan fingerprint density at radius 3 is 2.64 bits per heavy atom. The molecule has 2 aromatic rings. The standard InChI is InChI=1S/C22H20BrN3O2/c1-13-19(22(28)26-18-11-10-15(23)12-24-18)20(14-6-3-2-4-7-14)21-16(25-13)8-5-9-17(21)27/h2-4,6-7,10-12,19-20H,5,8-9H2,1H3,(H,24,26,28)/t19?,20-/m1/s1. The Balaban J connectivity index is 1.75. The first-order valence-corrected chi connectivity index (χ1v) is 10.1. The monoisotopic (exact) mass is 437 g/mol. The predicted molar refractivity (Wildman–Crippen MR) is 112 cm³/mol. The molecular weight excluding hydrogens is 418 g/mol. The number of aromatic nitrogens is 1. The zero-order valence-corrected chi connectivity index (χ0v) is 17.1. The van der Waals surface area contributed by atoms with E-state index < -0.39 is 5.92 Å². The van der Waals surface area contributed by atoms with Crippen LogP contribution in [0.5, 0.6) is 0 Å². The maximum Gasteiger partial charge on any atom is 0.235 e. The number of ketones is 1. The van der Waals surface area contributed by atoms with Crippen LogP contribution < -0.4 is 5.32 Å². The molecule has 0 fully saturated rings. The highest BCUT2D eigenvalue weighted by atomic mass is 79.9. The fourth-order valence-corrected chi connectivity index (χ4v) is 4.25. The summed E-state index contributed by atoms with van der Waals surface area (Å²) >= 11 is 3.34. The number of hydrogen-bond donors (Lipinski definition) is 1. The van der Waals surface area contributed by atoms with Crippen LogP contribution >= 0.6 is 15.9 Å². The van der Waals surface area contributed by atoms with E-state index in [1.807, 2.05) is 43.3 Å². The number of amides is 1. The van der Waals surface area contributed by atoms with Gasteiger partial charge in [-0.2, -0.15) is 0 Å². The number of Topliss-reactive ketones (excluding diaryl/α,β-unsaturated/α-hetero) is 1. The Bertz CT molecular complexity index is 981. The molecule has 5 nitrogen and oxygen atoms in total. The third kappa shape index (κ3) is 3.56. The summed E-state index contributed by atoms with van der Waals surface area (Å²) in [4.78, 5) is 35.0. The van der Waals surface area contributed by atoms with Gasteiger partial charge in [0.1, 0.15) is 5.82 Å². The van der Waals surface area contributed by atoms with E-state index >= 15 is 0 Å². The van der Waals surface area contributed by atoms with Crippen molar-refractivity contribution in [1.82, 2.24) is 4.98 Å². The maximum atomic E-state index is 13.3. The van der Waals surface area contributed by atoms with E-state index in [9.17, 15) is 9.59 Å². The van der Waals surface area contributed by atoms with Crippen molar-refractivity contribution in [1.29, 1.82) is 0 Å². The van der Waals surface area contributed by atoms with Crippen LogP contribution in [0.3, 0.4) is 0 Å². The lowest BCUT2D eigenvalue weighted by atomic mass is 9.71. The molecule has 1 aliphatic heterocycles. The summed E-state index contributed by atoms with van der Waals surface area (Å²) in [7, 11) is 0. The number of carbonyl (C=O) groups excluding carboxylic acids is 2. The van der Waals surface area contributed by atoms with Gasteiger partial charge in [-0.3, -0.25) is 14.6 Å². The second-order valence-corrected chi connectivity index (χ2v) is 8.02. The fourth-order valence-electron chi connectivity index (χ4n) is 4.02. The minimum Gasteiger partial charge on any atom is -0.310 e. The molecule has 6 heteroatoms. The van der Waals surface area contributed by atoms with Crippen LogP contribution in [0.1, 0.15) is 37.7 Å². The Labute approximate surface area is 172 Å². The van der Waals surface area contributed by atoms with Crippen molar-refractivity contribution in [2.24, 2.45) is 10.9 Å². The number of rotatable bonds is 3. The van der Waals surface area contributed by atoms with E-state index in [1.54, 1.807) is 12.3 Å². The number of pyridine rings is 1. The third-order valence-corrected chi connectivity index (χ3v) is 5.72. The first kappa shape index (κ1) is 18.7. The summed E-state index contributed by atoms with van der Waals surface area (Å²) in [6.07, 6.45) is 3.75. The van der Waals surface area contributed by atoms with Crippen molar-refractivity contribution in [3.63, 3.8) is 0 Å². The number of halogens is 1. The zero-order valence-electron chi connectivity index (χ0n) is 15.5. The SMILES string of the molecule is CC1=NC2=C(C(=O)CCC2)[C@H](c2ccccc2)C1C(=O)Nc1ccc(Br)cn1. The summed E-state index contributed by atoms with van der Waals surface area (Å²) in [5, 5.41) is 2.89. The number of allylic oxidation sites excluding steroid dienone is 2. The van der Waals surface area contributed by atoms with Gasteiger partial charge in [-0.1, -0.05) is 30.3 Å². The molecule has 1 unspecified atom stereocenters. The molecule has 1 N–H and O–H groups in total. The van der Waals surface area contributed by atoms with Gasteiger partial charge >= 0.3 is 0 Å². The Kier molecular flexibility index (Phi) is 5.22. The minimum atomic E-state index is -0.548. The third-order valence-electron chi connectivity index (χ3n) is 5.25. The second kappa shape index (κ2) is 7.80. The van der Waals surface area contributed by atoms with Gasteiger partial charge in [-0.25, -0.2) is 4.98 Å². The topological polar surface area (TPSA) is 71.4 Å². The Morgan fingerprint density at radius 1 is 1.14 bits per heavy atom. The molecular formula is C22H20BrN3O2. The van der Waals surface area contributed by atoms with E-state index in [2.05, 4.69) is 31.2 Å². The summed E-state index contributed by atoms with van der Waals surface area (Å²) in [6.45, 7) is 1.87. The largest absolute Gasteiger partial charge is 0.310 e. The fraction of sp³-hybridized carbons (Fsp3) is 0.273. The first-order chi connectivity index (χ1) is 13.5. The first-order valence-electron chi connectivity index (χ1n) is 9.33.